The average molecular weight is 400 g/mol. The molecule has 0 unspecified atom stereocenters. The Kier molecular flexibility index (Phi) is 6.81. The summed E-state index contributed by atoms with van der Waals surface area (Å²) in [6.45, 7) is 0.849. The molecule has 2 N–H and O–H groups in total. The summed E-state index contributed by atoms with van der Waals surface area (Å²) in [5, 5.41) is 6.26. The standard InChI is InChI=1S/C21H19ClFN3O2/c22-17-3-1-2-15(12-17)10-11-24-21(27)26-14-16-4-9-20(25-13-16)28-19-7-5-18(23)6-8-19/h1-9,12-13H,10-11,14H2,(H2,24,26,27). The molecular formula is C21H19ClFN3O2. The lowest BCUT2D eigenvalue weighted by Gasteiger charge is -2.09. The Hall–Kier alpha value is -3.12. The minimum atomic E-state index is -0.326. The second-order valence-electron chi connectivity index (χ2n) is 6.05. The van der Waals surface area contributed by atoms with Crippen LogP contribution in [0.2, 0.25) is 5.02 Å². The molecule has 28 heavy (non-hydrogen) atoms. The van der Waals surface area contributed by atoms with E-state index >= 15 is 0 Å². The third-order valence-electron chi connectivity index (χ3n) is 3.87. The molecule has 0 radical (unpaired) electrons. The van der Waals surface area contributed by atoms with Gasteiger partial charge in [-0.05, 0) is 53.9 Å². The number of nitrogens with zero attached hydrogens (tertiary/aromatic N) is 1. The summed E-state index contributed by atoms with van der Waals surface area (Å²) in [6.07, 6.45) is 2.32. The van der Waals surface area contributed by atoms with Crippen molar-refractivity contribution in [1.82, 2.24) is 15.6 Å². The van der Waals surface area contributed by atoms with Crippen LogP contribution < -0.4 is 15.4 Å². The largest absolute Gasteiger partial charge is 0.439 e. The zero-order chi connectivity index (χ0) is 19.8. The number of ether oxygens (including phenoxy) is 1. The van der Waals surface area contributed by atoms with Gasteiger partial charge in [-0.3, -0.25) is 0 Å². The maximum absolute atomic E-state index is 12.9. The smallest absolute Gasteiger partial charge is 0.315 e. The quantitative estimate of drug-likeness (QED) is 0.604. The molecule has 0 bridgehead atoms. The van der Waals surface area contributed by atoms with Crippen molar-refractivity contribution in [3.63, 3.8) is 0 Å². The number of urea groups is 1. The first-order valence-corrected chi connectivity index (χ1v) is 9.11. The van der Waals surface area contributed by atoms with E-state index in [0.717, 1.165) is 11.1 Å². The molecule has 5 nitrogen and oxygen atoms in total. The molecule has 2 amide bonds. The second-order valence-corrected chi connectivity index (χ2v) is 6.49. The molecule has 1 aromatic heterocycles. The number of amides is 2. The highest BCUT2D eigenvalue weighted by atomic mass is 35.5. The van der Waals surface area contributed by atoms with E-state index in [9.17, 15) is 9.18 Å². The molecule has 0 fully saturated rings. The van der Waals surface area contributed by atoms with Gasteiger partial charge in [-0.2, -0.15) is 0 Å². The van der Waals surface area contributed by atoms with Crippen LogP contribution >= 0.6 is 11.6 Å². The topological polar surface area (TPSA) is 63.2 Å². The summed E-state index contributed by atoms with van der Waals surface area (Å²) < 4.78 is 18.4. The van der Waals surface area contributed by atoms with Crippen molar-refractivity contribution in [1.29, 1.82) is 0 Å². The highest BCUT2D eigenvalue weighted by molar-refractivity contribution is 6.30. The molecule has 0 saturated heterocycles. The first-order valence-electron chi connectivity index (χ1n) is 8.73. The molecule has 3 aromatic rings. The van der Waals surface area contributed by atoms with Gasteiger partial charge in [0.1, 0.15) is 11.6 Å². The third kappa shape index (κ3) is 6.25. The van der Waals surface area contributed by atoms with Crippen LogP contribution in [0.5, 0.6) is 11.6 Å². The summed E-state index contributed by atoms with van der Waals surface area (Å²) in [6, 6.07) is 16.5. The number of pyridine rings is 1. The number of hydrogen-bond acceptors (Lipinski definition) is 3. The molecule has 0 aliphatic rings. The number of aromatic nitrogens is 1. The van der Waals surface area contributed by atoms with Gasteiger partial charge in [0.2, 0.25) is 5.88 Å². The predicted octanol–water partition coefficient (Wildman–Crippen LogP) is 4.71. The van der Waals surface area contributed by atoms with Crippen LogP contribution in [0.4, 0.5) is 9.18 Å². The van der Waals surface area contributed by atoms with Crippen LogP contribution in [0.1, 0.15) is 11.1 Å². The van der Waals surface area contributed by atoms with E-state index in [0.29, 0.717) is 36.2 Å². The summed E-state index contributed by atoms with van der Waals surface area (Å²) in [7, 11) is 0. The monoisotopic (exact) mass is 399 g/mol. The maximum Gasteiger partial charge on any atom is 0.315 e. The minimum absolute atomic E-state index is 0.256. The Bertz CT molecular complexity index is 918. The molecule has 2 aromatic carbocycles. The lowest BCUT2D eigenvalue weighted by Crippen LogP contribution is -2.36. The number of rotatable bonds is 7. The van der Waals surface area contributed by atoms with E-state index in [-0.39, 0.29) is 11.8 Å². The molecule has 0 saturated carbocycles. The highest BCUT2D eigenvalue weighted by Gasteiger charge is 2.03. The highest BCUT2D eigenvalue weighted by Crippen LogP contribution is 2.19. The molecule has 7 heteroatoms. The van der Waals surface area contributed by atoms with Gasteiger partial charge < -0.3 is 15.4 Å². The summed E-state index contributed by atoms with van der Waals surface area (Å²) in [5.74, 6) is 0.563. The first kappa shape index (κ1) is 19.6. The normalized spacial score (nSPS) is 10.4. The summed E-state index contributed by atoms with van der Waals surface area (Å²) in [5.41, 5.74) is 1.89. The Balaban J connectivity index is 1.40. The van der Waals surface area contributed by atoms with E-state index in [2.05, 4.69) is 15.6 Å². The van der Waals surface area contributed by atoms with Crippen molar-refractivity contribution in [3.05, 3.63) is 88.8 Å². The van der Waals surface area contributed by atoms with E-state index in [1.807, 2.05) is 24.3 Å². The van der Waals surface area contributed by atoms with Gasteiger partial charge in [0.15, 0.2) is 0 Å². The maximum atomic E-state index is 12.9. The Labute approximate surface area is 167 Å². The zero-order valence-corrected chi connectivity index (χ0v) is 15.7. The van der Waals surface area contributed by atoms with Gasteiger partial charge in [-0.1, -0.05) is 29.8 Å². The Morgan fingerprint density at radius 2 is 1.86 bits per heavy atom. The van der Waals surface area contributed by atoms with Crippen LogP contribution in [0.25, 0.3) is 0 Å². The average Bonchev–Trinajstić information content (AvgIpc) is 2.69. The van der Waals surface area contributed by atoms with E-state index < -0.39 is 0 Å². The van der Waals surface area contributed by atoms with Gasteiger partial charge in [0, 0.05) is 30.4 Å². The van der Waals surface area contributed by atoms with Crippen LogP contribution in [-0.4, -0.2) is 17.6 Å². The number of carbonyl (C=O) groups excluding carboxylic acids is 1. The van der Waals surface area contributed by atoms with Crippen molar-refractivity contribution in [2.45, 2.75) is 13.0 Å². The molecule has 1 heterocycles. The number of nitrogens with one attached hydrogen (secondary N) is 2. The number of hydrogen-bond donors (Lipinski definition) is 2. The van der Waals surface area contributed by atoms with E-state index in [4.69, 9.17) is 16.3 Å². The van der Waals surface area contributed by atoms with Gasteiger partial charge in [-0.25, -0.2) is 14.2 Å². The van der Waals surface area contributed by atoms with Gasteiger partial charge >= 0.3 is 6.03 Å². The molecule has 0 atom stereocenters. The molecule has 144 valence electrons. The fourth-order valence-corrected chi connectivity index (χ4v) is 2.67. The summed E-state index contributed by atoms with van der Waals surface area (Å²) in [4.78, 5) is 16.1. The van der Waals surface area contributed by atoms with E-state index in [1.54, 1.807) is 18.3 Å². The summed E-state index contributed by atoms with van der Waals surface area (Å²) >= 11 is 5.94. The van der Waals surface area contributed by atoms with Crippen molar-refractivity contribution in [2.24, 2.45) is 0 Å². The van der Waals surface area contributed by atoms with Crippen molar-refractivity contribution < 1.29 is 13.9 Å². The van der Waals surface area contributed by atoms with Crippen LogP contribution in [0.15, 0.2) is 66.9 Å². The molecule has 0 spiro atoms. The fourth-order valence-electron chi connectivity index (χ4n) is 2.46. The SMILES string of the molecule is O=C(NCCc1cccc(Cl)c1)NCc1ccc(Oc2ccc(F)cc2)nc1. The lowest BCUT2D eigenvalue weighted by molar-refractivity contribution is 0.240. The molecule has 0 aliphatic carbocycles. The molecular weight excluding hydrogens is 381 g/mol. The van der Waals surface area contributed by atoms with Gasteiger partial charge in [-0.15, -0.1) is 0 Å². The third-order valence-corrected chi connectivity index (χ3v) is 4.11. The van der Waals surface area contributed by atoms with Crippen molar-refractivity contribution >= 4 is 17.6 Å². The minimum Gasteiger partial charge on any atom is -0.439 e. The molecule has 3 rings (SSSR count). The second kappa shape index (κ2) is 9.71. The number of halogens is 2. The Morgan fingerprint density at radius 1 is 1.04 bits per heavy atom. The number of benzene rings is 2. The van der Waals surface area contributed by atoms with Crippen molar-refractivity contribution in [3.8, 4) is 11.6 Å². The zero-order valence-electron chi connectivity index (χ0n) is 15.0. The Morgan fingerprint density at radius 3 is 2.57 bits per heavy atom. The van der Waals surface area contributed by atoms with Gasteiger partial charge in [0.05, 0.1) is 0 Å². The number of carbonyl (C=O) groups is 1. The lowest BCUT2D eigenvalue weighted by atomic mass is 10.1. The first-order chi connectivity index (χ1) is 13.6. The molecule has 0 aliphatic heterocycles. The van der Waals surface area contributed by atoms with Crippen LogP contribution in [-0.2, 0) is 13.0 Å². The fraction of sp³-hybridized carbons (Fsp3) is 0.143. The van der Waals surface area contributed by atoms with Crippen LogP contribution in [0.3, 0.4) is 0 Å². The van der Waals surface area contributed by atoms with Crippen molar-refractivity contribution in [2.75, 3.05) is 6.54 Å². The van der Waals surface area contributed by atoms with E-state index in [1.165, 1.54) is 24.3 Å². The van der Waals surface area contributed by atoms with Gasteiger partial charge in [0.25, 0.3) is 0 Å². The van der Waals surface area contributed by atoms with Crippen LogP contribution in [0, 0.1) is 5.82 Å². The predicted molar refractivity (Wildman–Crippen MR) is 106 cm³/mol.